The van der Waals surface area contributed by atoms with Crippen LogP contribution in [0.25, 0.3) is 0 Å². The molecule has 2 heterocycles. The average molecular weight is 279 g/mol. The molecular formula is C17H17N3O. The zero-order valence-electron chi connectivity index (χ0n) is 11.9. The van der Waals surface area contributed by atoms with E-state index in [-0.39, 0.29) is 5.88 Å². The maximum Gasteiger partial charge on any atom is 0.229 e. The smallest absolute Gasteiger partial charge is 0.229 e. The lowest BCUT2D eigenvalue weighted by Gasteiger charge is -2.29. The Balaban J connectivity index is 1.74. The van der Waals surface area contributed by atoms with E-state index in [1.807, 2.05) is 35.3 Å². The molecule has 4 nitrogen and oxygen atoms in total. The number of nitrogens with one attached hydrogen (secondary N) is 1. The van der Waals surface area contributed by atoms with Crippen LogP contribution in [0.1, 0.15) is 17.5 Å². The molecule has 2 aromatic carbocycles. The summed E-state index contributed by atoms with van der Waals surface area (Å²) in [5, 5.41) is 14.2. The van der Waals surface area contributed by atoms with Crippen LogP contribution in [0.15, 0.2) is 60.1 Å². The summed E-state index contributed by atoms with van der Waals surface area (Å²) in [6, 6.07) is 16.4. The predicted molar refractivity (Wildman–Crippen MR) is 83.7 cm³/mol. The molecule has 21 heavy (non-hydrogen) atoms. The van der Waals surface area contributed by atoms with Gasteiger partial charge in [0.25, 0.3) is 0 Å². The number of fused-ring (bicyclic) bond motifs is 3. The number of nitrogens with zero attached hydrogens (tertiary/aromatic N) is 2. The second kappa shape index (κ2) is 4.53. The first-order chi connectivity index (χ1) is 10.2. The Labute approximate surface area is 123 Å². The van der Waals surface area contributed by atoms with E-state index >= 15 is 0 Å². The number of para-hydroxylation sites is 1. The molecule has 2 aromatic rings. The van der Waals surface area contributed by atoms with Gasteiger partial charge in [0.15, 0.2) is 0 Å². The highest BCUT2D eigenvalue weighted by atomic mass is 16.3. The van der Waals surface area contributed by atoms with Crippen molar-refractivity contribution < 1.29 is 5.11 Å². The topological polar surface area (TPSA) is 38.7 Å². The fourth-order valence-corrected chi connectivity index (χ4v) is 2.93. The van der Waals surface area contributed by atoms with Crippen molar-refractivity contribution in [2.75, 3.05) is 10.0 Å². The van der Waals surface area contributed by atoms with Crippen LogP contribution in [0, 0.1) is 6.92 Å². The van der Waals surface area contributed by atoms with E-state index in [0.29, 0.717) is 0 Å². The summed E-state index contributed by atoms with van der Waals surface area (Å²) in [5.41, 5.74) is 8.74. The van der Waals surface area contributed by atoms with E-state index in [0.717, 1.165) is 29.9 Å². The minimum absolute atomic E-state index is 0.286. The van der Waals surface area contributed by atoms with Gasteiger partial charge in [-0.25, -0.2) is 5.01 Å². The second-order valence-electron chi connectivity index (χ2n) is 5.51. The summed E-state index contributed by atoms with van der Waals surface area (Å²) >= 11 is 0. The van der Waals surface area contributed by atoms with Gasteiger partial charge >= 0.3 is 0 Å². The highest BCUT2D eigenvalue weighted by molar-refractivity contribution is 5.65. The monoisotopic (exact) mass is 279 g/mol. The van der Waals surface area contributed by atoms with E-state index in [2.05, 4.69) is 30.7 Å². The van der Waals surface area contributed by atoms with E-state index in [9.17, 15) is 5.11 Å². The first-order valence-corrected chi connectivity index (χ1v) is 7.17. The number of aliphatic hydroxyl groups is 1. The lowest BCUT2D eigenvalue weighted by molar-refractivity contribution is 0.386. The standard InChI is InChI=1S/C17H17N3O/c1-12-6-9-14(10-7-12)19-17(21)16-11-8-13-4-2-3-5-15(13)20(16)18-19/h2-7,9-10,18,21H,8,11H2,1H3. The summed E-state index contributed by atoms with van der Waals surface area (Å²) in [5.74, 6) is 0.286. The van der Waals surface area contributed by atoms with Crippen LogP contribution in [0.2, 0.25) is 0 Å². The van der Waals surface area contributed by atoms with Crippen molar-refractivity contribution in [2.45, 2.75) is 19.8 Å². The van der Waals surface area contributed by atoms with Crippen LogP contribution < -0.4 is 15.6 Å². The van der Waals surface area contributed by atoms with Crippen molar-refractivity contribution >= 4 is 11.4 Å². The van der Waals surface area contributed by atoms with Gasteiger partial charge in [0, 0.05) is 0 Å². The van der Waals surface area contributed by atoms with Crippen molar-refractivity contribution in [2.24, 2.45) is 0 Å². The van der Waals surface area contributed by atoms with Crippen molar-refractivity contribution in [1.82, 2.24) is 5.53 Å². The molecule has 0 aliphatic carbocycles. The maximum atomic E-state index is 10.5. The Bertz CT molecular complexity index is 721. The molecule has 106 valence electrons. The van der Waals surface area contributed by atoms with Gasteiger partial charge in [0.2, 0.25) is 5.88 Å². The number of benzene rings is 2. The fourth-order valence-electron chi connectivity index (χ4n) is 2.93. The first-order valence-electron chi connectivity index (χ1n) is 7.17. The van der Waals surface area contributed by atoms with Crippen LogP contribution in [0.4, 0.5) is 11.4 Å². The van der Waals surface area contributed by atoms with Gasteiger partial charge in [-0.05, 0) is 43.5 Å². The quantitative estimate of drug-likeness (QED) is 0.839. The van der Waals surface area contributed by atoms with Gasteiger partial charge in [-0.2, -0.15) is 0 Å². The third-order valence-electron chi connectivity index (χ3n) is 4.10. The molecule has 0 saturated carbocycles. The molecule has 0 spiro atoms. The molecule has 0 saturated heterocycles. The maximum absolute atomic E-state index is 10.5. The number of hydrogen-bond donors (Lipinski definition) is 2. The molecule has 0 unspecified atom stereocenters. The third kappa shape index (κ3) is 1.87. The van der Waals surface area contributed by atoms with Crippen LogP contribution in [0.5, 0.6) is 0 Å². The van der Waals surface area contributed by atoms with E-state index in [1.165, 1.54) is 11.1 Å². The van der Waals surface area contributed by atoms with Crippen molar-refractivity contribution in [1.29, 1.82) is 0 Å². The summed E-state index contributed by atoms with van der Waals surface area (Å²) in [6.45, 7) is 2.05. The van der Waals surface area contributed by atoms with Crippen LogP contribution in [0.3, 0.4) is 0 Å². The minimum atomic E-state index is 0.286. The number of anilines is 2. The number of hydrazine groups is 2. The summed E-state index contributed by atoms with van der Waals surface area (Å²) < 4.78 is 0. The van der Waals surface area contributed by atoms with Gasteiger partial charge in [0.05, 0.1) is 17.1 Å². The van der Waals surface area contributed by atoms with Crippen molar-refractivity contribution in [3.63, 3.8) is 0 Å². The Morgan fingerprint density at radius 2 is 1.71 bits per heavy atom. The highest BCUT2D eigenvalue weighted by Crippen LogP contribution is 2.37. The molecule has 0 atom stereocenters. The number of allylic oxidation sites excluding steroid dienone is 1. The zero-order chi connectivity index (χ0) is 14.4. The van der Waals surface area contributed by atoms with Gasteiger partial charge in [-0.3, -0.25) is 5.01 Å². The Hall–Kier alpha value is -2.46. The van der Waals surface area contributed by atoms with Crippen molar-refractivity contribution in [3.8, 4) is 0 Å². The normalized spacial score (nSPS) is 17.0. The van der Waals surface area contributed by atoms with Gasteiger partial charge in [-0.15, -0.1) is 5.53 Å². The van der Waals surface area contributed by atoms with Gasteiger partial charge in [0.1, 0.15) is 0 Å². The molecule has 0 fully saturated rings. The predicted octanol–water partition coefficient (Wildman–Crippen LogP) is 3.41. The molecule has 0 bridgehead atoms. The summed E-state index contributed by atoms with van der Waals surface area (Å²) in [4.78, 5) is 0. The molecule has 0 aromatic heterocycles. The molecule has 0 amide bonds. The van der Waals surface area contributed by atoms with E-state index in [4.69, 9.17) is 0 Å². The Morgan fingerprint density at radius 1 is 0.952 bits per heavy atom. The molecule has 2 aliphatic heterocycles. The summed E-state index contributed by atoms with van der Waals surface area (Å²) in [7, 11) is 0. The third-order valence-corrected chi connectivity index (χ3v) is 4.10. The minimum Gasteiger partial charge on any atom is -0.492 e. The molecule has 0 radical (unpaired) electrons. The Morgan fingerprint density at radius 3 is 2.52 bits per heavy atom. The van der Waals surface area contributed by atoms with Crippen LogP contribution in [-0.2, 0) is 6.42 Å². The van der Waals surface area contributed by atoms with Crippen LogP contribution >= 0.6 is 0 Å². The fraction of sp³-hybridized carbons (Fsp3) is 0.176. The Kier molecular flexibility index (Phi) is 2.65. The molecule has 4 heteroatoms. The lowest BCUT2D eigenvalue weighted by Crippen LogP contribution is -2.43. The van der Waals surface area contributed by atoms with E-state index in [1.54, 1.807) is 5.01 Å². The van der Waals surface area contributed by atoms with Gasteiger partial charge < -0.3 is 5.11 Å². The molecule has 2 N–H and O–H groups in total. The molecule has 2 aliphatic rings. The zero-order valence-corrected chi connectivity index (χ0v) is 11.9. The largest absolute Gasteiger partial charge is 0.492 e. The lowest BCUT2D eigenvalue weighted by atomic mass is 10.0. The highest BCUT2D eigenvalue weighted by Gasteiger charge is 2.34. The first kappa shape index (κ1) is 12.3. The number of hydrogen-bond acceptors (Lipinski definition) is 4. The van der Waals surface area contributed by atoms with Crippen LogP contribution in [-0.4, -0.2) is 5.11 Å². The number of aryl methyl sites for hydroxylation is 2. The molecule has 4 rings (SSSR count). The molecular weight excluding hydrogens is 262 g/mol. The number of aliphatic hydroxyl groups excluding tert-OH is 1. The average Bonchev–Trinajstić information content (AvgIpc) is 2.86. The van der Waals surface area contributed by atoms with E-state index < -0.39 is 0 Å². The van der Waals surface area contributed by atoms with Crippen molar-refractivity contribution in [3.05, 3.63) is 71.2 Å². The second-order valence-corrected chi connectivity index (χ2v) is 5.51. The number of rotatable bonds is 1. The summed E-state index contributed by atoms with van der Waals surface area (Å²) in [6.07, 6.45) is 1.79. The van der Waals surface area contributed by atoms with Gasteiger partial charge in [-0.1, -0.05) is 35.9 Å². The SMILES string of the molecule is Cc1ccc(N2NN3C(=C2O)CCc2ccccc23)cc1.